The summed E-state index contributed by atoms with van der Waals surface area (Å²) in [5.41, 5.74) is 0.633. The van der Waals surface area contributed by atoms with Gasteiger partial charge in [0.05, 0.1) is 12.6 Å². The Morgan fingerprint density at radius 3 is 2.58 bits per heavy atom. The van der Waals surface area contributed by atoms with Gasteiger partial charge in [-0.1, -0.05) is 18.2 Å². The predicted molar refractivity (Wildman–Crippen MR) is 112 cm³/mol. The van der Waals surface area contributed by atoms with Crippen molar-refractivity contribution in [2.75, 3.05) is 7.11 Å². The van der Waals surface area contributed by atoms with Gasteiger partial charge in [-0.3, -0.25) is 14.2 Å². The second kappa shape index (κ2) is 8.79. The van der Waals surface area contributed by atoms with Crippen LogP contribution in [0, 0.1) is 0 Å². The number of ether oxygens (including phenoxy) is 2. The van der Waals surface area contributed by atoms with E-state index in [1.165, 1.54) is 11.7 Å². The minimum Gasteiger partial charge on any atom is -0.467 e. The number of hydrogen-bond acceptors (Lipinski definition) is 6. The summed E-state index contributed by atoms with van der Waals surface area (Å²) in [6, 6.07) is 5.58. The first kappa shape index (κ1) is 22.3. The highest BCUT2D eigenvalue weighted by atomic mass is 16.6. The first-order valence-corrected chi connectivity index (χ1v) is 10.1. The maximum atomic E-state index is 12.7. The summed E-state index contributed by atoms with van der Waals surface area (Å²) in [5.74, 6) is -1.26. The van der Waals surface area contributed by atoms with E-state index in [-0.39, 0.29) is 18.7 Å². The number of carbonyl (C=O) groups is 4. The van der Waals surface area contributed by atoms with Crippen molar-refractivity contribution in [1.29, 1.82) is 0 Å². The fraction of sp³-hybridized carbons (Fsp3) is 0.455. The molecule has 3 rings (SSSR count). The predicted octanol–water partition coefficient (Wildman–Crippen LogP) is 1.90. The standard InChI is InChI=1S/C22H27N3O6/c1-22(2,3)31-21(29)25-12-13(14-7-5-6-8-17(14)25)11-16(20(28)30-4)24-19(27)15-9-10-18(26)23-15/h5-8,12,15-16H,9-11H2,1-4H3,(H,23,26)(H,24,27)/t15-,16+/m1/s1. The normalized spacial score (nSPS) is 17.2. The Kier molecular flexibility index (Phi) is 6.33. The van der Waals surface area contributed by atoms with E-state index in [9.17, 15) is 19.2 Å². The van der Waals surface area contributed by atoms with Gasteiger partial charge in [0.15, 0.2) is 0 Å². The fourth-order valence-electron chi connectivity index (χ4n) is 3.51. The number of nitrogens with zero attached hydrogens (tertiary/aromatic N) is 1. The van der Waals surface area contributed by atoms with E-state index in [2.05, 4.69) is 10.6 Å². The van der Waals surface area contributed by atoms with Crippen LogP contribution in [0.1, 0.15) is 39.2 Å². The van der Waals surface area contributed by atoms with Gasteiger partial charge in [-0.15, -0.1) is 0 Å². The molecule has 1 saturated heterocycles. The molecule has 2 aromatic rings. The number of amides is 2. The van der Waals surface area contributed by atoms with Crippen molar-refractivity contribution in [3.63, 3.8) is 0 Å². The molecule has 0 aliphatic carbocycles. The Hall–Kier alpha value is -3.36. The second-order valence-electron chi connectivity index (χ2n) is 8.47. The summed E-state index contributed by atoms with van der Waals surface area (Å²) < 4.78 is 11.7. The number of nitrogens with one attached hydrogen (secondary N) is 2. The third-order valence-electron chi connectivity index (χ3n) is 4.92. The van der Waals surface area contributed by atoms with Gasteiger partial charge in [0.1, 0.15) is 17.7 Å². The molecule has 0 radical (unpaired) electrons. The maximum absolute atomic E-state index is 12.7. The Morgan fingerprint density at radius 2 is 1.97 bits per heavy atom. The van der Waals surface area contributed by atoms with Crippen LogP contribution >= 0.6 is 0 Å². The van der Waals surface area contributed by atoms with Crippen LogP contribution in [0.4, 0.5) is 4.79 Å². The van der Waals surface area contributed by atoms with E-state index in [4.69, 9.17) is 9.47 Å². The fourth-order valence-corrected chi connectivity index (χ4v) is 3.51. The molecule has 1 aromatic heterocycles. The number of esters is 1. The summed E-state index contributed by atoms with van der Waals surface area (Å²) in [7, 11) is 1.24. The summed E-state index contributed by atoms with van der Waals surface area (Å²) in [5, 5.41) is 6.00. The Labute approximate surface area is 180 Å². The molecule has 9 heteroatoms. The van der Waals surface area contributed by atoms with Crippen molar-refractivity contribution in [3.8, 4) is 0 Å². The lowest BCUT2D eigenvalue weighted by atomic mass is 10.0. The van der Waals surface area contributed by atoms with Gasteiger partial charge in [0, 0.05) is 24.4 Å². The van der Waals surface area contributed by atoms with Crippen LogP contribution in [-0.2, 0) is 30.3 Å². The van der Waals surface area contributed by atoms with Gasteiger partial charge in [0.2, 0.25) is 11.8 Å². The highest BCUT2D eigenvalue weighted by Crippen LogP contribution is 2.24. The molecular weight excluding hydrogens is 402 g/mol. The lowest BCUT2D eigenvalue weighted by Gasteiger charge is -2.20. The van der Waals surface area contributed by atoms with Gasteiger partial charge in [-0.25, -0.2) is 9.59 Å². The topological polar surface area (TPSA) is 116 Å². The van der Waals surface area contributed by atoms with Gasteiger partial charge in [-0.05, 0) is 38.8 Å². The molecule has 1 aliphatic heterocycles. The monoisotopic (exact) mass is 429 g/mol. The summed E-state index contributed by atoms with van der Waals surface area (Å²) >= 11 is 0. The van der Waals surface area contributed by atoms with Crippen LogP contribution in [0.5, 0.6) is 0 Å². The number of fused-ring (bicyclic) bond motifs is 1. The number of benzene rings is 1. The van der Waals surface area contributed by atoms with E-state index in [0.29, 0.717) is 17.5 Å². The van der Waals surface area contributed by atoms with Crippen molar-refractivity contribution in [2.45, 2.75) is 57.7 Å². The highest BCUT2D eigenvalue weighted by molar-refractivity contribution is 5.95. The van der Waals surface area contributed by atoms with E-state index >= 15 is 0 Å². The lowest BCUT2D eigenvalue weighted by molar-refractivity contribution is -0.145. The Bertz CT molecular complexity index is 1020. The number of rotatable bonds is 5. The largest absolute Gasteiger partial charge is 0.467 e. The Morgan fingerprint density at radius 1 is 1.26 bits per heavy atom. The average Bonchev–Trinajstić information content (AvgIpc) is 3.30. The third-order valence-corrected chi connectivity index (χ3v) is 4.92. The molecule has 1 aromatic carbocycles. The van der Waals surface area contributed by atoms with E-state index in [0.717, 1.165) is 5.39 Å². The van der Waals surface area contributed by atoms with Crippen LogP contribution in [0.25, 0.3) is 10.9 Å². The number of hydrogen-bond donors (Lipinski definition) is 2. The lowest BCUT2D eigenvalue weighted by Crippen LogP contribution is -2.49. The Balaban J connectivity index is 1.88. The molecule has 0 saturated carbocycles. The first-order chi connectivity index (χ1) is 14.6. The van der Waals surface area contributed by atoms with Crippen molar-refractivity contribution >= 4 is 34.8 Å². The number of methoxy groups -OCH3 is 1. The molecule has 0 unspecified atom stereocenters. The van der Waals surface area contributed by atoms with Gasteiger partial charge < -0.3 is 20.1 Å². The average molecular weight is 429 g/mol. The molecule has 0 bridgehead atoms. The SMILES string of the molecule is COC(=O)[C@H](Cc1cn(C(=O)OC(C)(C)C)c2ccccc12)NC(=O)[C@H]1CCC(=O)N1. The summed E-state index contributed by atoms with van der Waals surface area (Å²) in [4.78, 5) is 49.0. The molecule has 166 valence electrons. The summed E-state index contributed by atoms with van der Waals surface area (Å²) in [6.07, 6.45) is 1.82. The van der Waals surface area contributed by atoms with Crippen LogP contribution in [0.2, 0.25) is 0 Å². The van der Waals surface area contributed by atoms with Gasteiger partial charge >= 0.3 is 12.1 Å². The number of para-hydroxylation sites is 1. The van der Waals surface area contributed by atoms with Crippen molar-refractivity contribution < 1.29 is 28.7 Å². The molecule has 2 amide bonds. The number of carbonyl (C=O) groups excluding carboxylic acids is 4. The van der Waals surface area contributed by atoms with Gasteiger partial charge in [0.25, 0.3) is 0 Å². The molecule has 2 atom stereocenters. The highest BCUT2D eigenvalue weighted by Gasteiger charge is 2.31. The van der Waals surface area contributed by atoms with Crippen LogP contribution in [-0.4, -0.2) is 53.2 Å². The molecule has 31 heavy (non-hydrogen) atoms. The number of aromatic nitrogens is 1. The molecule has 1 aliphatic rings. The minimum absolute atomic E-state index is 0.107. The van der Waals surface area contributed by atoms with Crippen molar-refractivity contribution in [1.82, 2.24) is 15.2 Å². The van der Waals surface area contributed by atoms with E-state index < -0.39 is 35.7 Å². The van der Waals surface area contributed by atoms with Crippen LogP contribution in [0.3, 0.4) is 0 Å². The molecule has 2 heterocycles. The van der Waals surface area contributed by atoms with E-state index in [1.807, 2.05) is 12.1 Å². The zero-order chi connectivity index (χ0) is 22.8. The molecule has 9 nitrogen and oxygen atoms in total. The van der Waals surface area contributed by atoms with Crippen LogP contribution < -0.4 is 10.6 Å². The molecular formula is C22H27N3O6. The molecule has 2 N–H and O–H groups in total. The quantitative estimate of drug-likeness (QED) is 0.702. The first-order valence-electron chi connectivity index (χ1n) is 10.1. The van der Waals surface area contributed by atoms with Crippen LogP contribution in [0.15, 0.2) is 30.5 Å². The van der Waals surface area contributed by atoms with E-state index in [1.54, 1.807) is 39.1 Å². The second-order valence-corrected chi connectivity index (χ2v) is 8.47. The van der Waals surface area contributed by atoms with Crippen molar-refractivity contribution in [2.24, 2.45) is 0 Å². The third kappa shape index (κ3) is 5.22. The maximum Gasteiger partial charge on any atom is 0.419 e. The van der Waals surface area contributed by atoms with Crippen molar-refractivity contribution in [3.05, 3.63) is 36.0 Å². The summed E-state index contributed by atoms with van der Waals surface area (Å²) in [6.45, 7) is 5.34. The molecule has 1 fully saturated rings. The molecule has 0 spiro atoms. The zero-order valence-corrected chi connectivity index (χ0v) is 18.1. The minimum atomic E-state index is -0.979. The smallest absolute Gasteiger partial charge is 0.419 e. The van der Waals surface area contributed by atoms with Gasteiger partial charge in [-0.2, -0.15) is 0 Å². The zero-order valence-electron chi connectivity index (χ0n) is 18.1.